The maximum atomic E-state index is 11.7. The van der Waals surface area contributed by atoms with E-state index in [-0.39, 0.29) is 5.56 Å². The van der Waals surface area contributed by atoms with E-state index in [9.17, 15) is 4.79 Å². The standard InChI is InChI=1S/C14H18N2O2/c1-3-4-5-11-10-16(15-14(11)17)12-6-8-13(18-2)9-7-12/h6-10H,3-5H2,1-2H3,(H,15,17). The summed E-state index contributed by atoms with van der Waals surface area (Å²) in [6, 6.07) is 7.58. The number of nitrogens with zero attached hydrogens (tertiary/aromatic N) is 1. The van der Waals surface area contributed by atoms with E-state index in [2.05, 4.69) is 12.0 Å². The summed E-state index contributed by atoms with van der Waals surface area (Å²) in [6.07, 6.45) is 4.83. The molecule has 0 aliphatic heterocycles. The van der Waals surface area contributed by atoms with Crippen molar-refractivity contribution >= 4 is 0 Å². The molecule has 0 atom stereocenters. The number of nitrogens with one attached hydrogen (secondary N) is 1. The smallest absolute Gasteiger partial charge is 0.267 e. The minimum absolute atomic E-state index is 0.000678. The second-order valence-electron chi connectivity index (χ2n) is 4.27. The molecule has 4 nitrogen and oxygen atoms in total. The molecule has 0 saturated carbocycles. The number of hydrogen-bond donors (Lipinski definition) is 1. The average Bonchev–Trinajstić information content (AvgIpc) is 2.78. The highest BCUT2D eigenvalue weighted by atomic mass is 16.5. The van der Waals surface area contributed by atoms with Gasteiger partial charge in [-0.3, -0.25) is 14.6 Å². The topological polar surface area (TPSA) is 47.0 Å². The molecule has 1 aromatic heterocycles. The van der Waals surface area contributed by atoms with E-state index in [0.717, 1.165) is 36.3 Å². The molecule has 1 N–H and O–H groups in total. The monoisotopic (exact) mass is 246 g/mol. The van der Waals surface area contributed by atoms with E-state index >= 15 is 0 Å². The molecule has 1 aromatic carbocycles. The van der Waals surface area contributed by atoms with Gasteiger partial charge in [0.1, 0.15) is 5.75 Å². The van der Waals surface area contributed by atoms with Crippen molar-refractivity contribution < 1.29 is 4.74 Å². The third kappa shape index (κ3) is 2.64. The van der Waals surface area contributed by atoms with Gasteiger partial charge in [0.15, 0.2) is 0 Å². The molecule has 0 fully saturated rings. The largest absolute Gasteiger partial charge is 0.497 e. The first kappa shape index (κ1) is 12.5. The van der Waals surface area contributed by atoms with Crippen molar-refractivity contribution in [1.29, 1.82) is 0 Å². The summed E-state index contributed by atoms with van der Waals surface area (Å²) in [5.74, 6) is 0.805. The van der Waals surface area contributed by atoms with Crippen LogP contribution in [0.5, 0.6) is 5.75 Å². The summed E-state index contributed by atoms with van der Waals surface area (Å²) in [5.41, 5.74) is 1.77. The molecule has 2 rings (SSSR count). The lowest BCUT2D eigenvalue weighted by molar-refractivity contribution is 0.414. The van der Waals surface area contributed by atoms with E-state index in [1.54, 1.807) is 11.8 Å². The molecule has 96 valence electrons. The molecule has 1 heterocycles. The molecule has 2 aromatic rings. The summed E-state index contributed by atoms with van der Waals surface area (Å²) in [6.45, 7) is 2.12. The van der Waals surface area contributed by atoms with Crippen molar-refractivity contribution in [2.45, 2.75) is 26.2 Å². The van der Waals surface area contributed by atoms with Crippen LogP contribution in [0.1, 0.15) is 25.3 Å². The molecule has 0 saturated heterocycles. The Bertz CT molecular complexity index is 552. The van der Waals surface area contributed by atoms with Crippen molar-refractivity contribution in [3.63, 3.8) is 0 Å². The number of ether oxygens (including phenoxy) is 1. The van der Waals surface area contributed by atoms with Gasteiger partial charge in [0.2, 0.25) is 0 Å². The molecule has 0 aliphatic rings. The zero-order valence-corrected chi connectivity index (χ0v) is 10.8. The number of hydrogen-bond acceptors (Lipinski definition) is 2. The minimum Gasteiger partial charge on any atom is -0.497 e. The molecule has 4 heteroatoms. The van der Waals surface area contributed by atoms with Gasteiger partial charge in [-0.15, -0.1) is 0 Å². The fraction of sp³-hybridized carbons (Fsp3) is 0.357. The van der Waals surface area contributed by atoms with Gasteiger partial charge in [0.05, 0.1) is 12.8 Å². The number of aromatic amines is 1. The highest BCUT2D eigenvalue weighted by molar-refractivity contribution is 5.37. The maximum Gasteiger partial charge on any atom is 0.267 e. The number of aryl methyl sites for hydroxylation is 1. The molecule has 0 unspecified atom stereocenters. The summed E-state index contributed by atoms with van der Waals surface area (Å²) in [4.78, 5) is 11.7. The number of rotatable bonds is 5. The lowest BCUT2D eigenvalue weighted by Gasteiger charge is -2.03. The van der Waals surface area contributed by atoms with Gasteiger partial charge in [0, 0.05) is 11.8 Å². The van der Waals surface area contributed by atoms with Gasteiger partial charge in [-0.2, -0.15) is 0 Å². The fourth-order valence-corrected chi connectivity index (χ4v) is 1.86. The molecule has 0 spiro atoms. The Balaban J connectivity index is 2.24. The zero-order chi connectivity index (χ0) is 13.0. The Morgan fingerprint density at radius 1 is 1.28 bits per heavy atom. The van der Waals surface area contributed by atoms with E-state index in [1.807, 2.05) is 30.5 Å². The highest BCUT2D eigenvalue weighted by Gasteiger charge is 2.05. The first-order chi connectivity index (χ1) is 8.74. The van der Waals surface area contributed by atoms with Crippen LogP contribution in [0.2, 0.25) is 0 Å². The first-order valence-corrected chi connectivity index (χ1v) is 6.19. The van der Waals surface area contributed by atoms with Crippen LogP contribution in [-0.4, -0.2) is 16.9 Å². The van der Waals surface area contributed by atoms with E-state index in [0.29, 0.717) is 0 Å². The first-order valence-electron chi connectivity index (χ1n) is 6.19. The third-order valence-corrected chi connectivity index (χ3v) is 2.95. The molecule has 0 amide bonds. The normalized spacial score (nSPS) is 10.6. The Kier molecular flexibility index (Phi) is 3.87. The third-order valence-electron chi connectivity index (χ3n) is 2.95. The Hall–Kier alpha value is -1.97. The van der Waals surface area contributed by atoms with Crippen molar-refractivity contribution in [2.24, 2.45) is 0 Å². The van der Waals surface area contributed by atoms with Gasteiger partial charge in [-0.1, -0.05) is 13.3 Å². The predicted molar refractivity (Wildman–Crippen MR) is 71.6 cm³/mol. The molecule has 0 aliphatic carbocycles. The van der Waals surface area contributed by atoms with Crippen LogP contribution in [-0.2, 0) is 6.42 Å². The number of unbranched alkanes of at least 4 members (excludes halogenated alkanes) is 1. The summed E-state index contributed by atoms with van der Waals surface area (Å²) in [7, 11) is 1.63. The highest BCUT2D eigenvalue weighted by Crippen LogP contribution is 2.14. The number of aromatic nitrogens is 2. The van der Waals surface area contributed by atoms with Gasteiger partial charge in [-0.25, -0.2) is 0 Å². The number of benzene rings is 1. The van der Waals surface area contributed by atoms with Crippen molar-refractivity contribution in [2.75, 3.05) is 7.11 Å². The van der Waals surface area contributed by atoms with Crippen LogP contribution in [0.25, 0.3) is 5.69 Å². The number of methoxy groups -OCH3 is 1. The lowest BCUT2D eigenvalue weighted by Crippen LogP contribution is -2.07. The molecule has 18 heavy (non-hydrogen) atoms. The Labute approximate surface area is 106 Å². The SMILES string of the molecule is CCCCc1cn(-c2ccc(OC)cc2)[nH]c1=O. The van der Waals surface area contributed by atoms with Crippen molar-refractivity contribution in [3.05, 3.63) is 46.4 Å². The van der Waals surface area contributed by atoms with Gasteiger partial charge in [0.25, 0.3) is 5.56 Å². The van der Waals surface area contributed by atoms with Crippen LogP contribution in [0.15, 0.2) is 35.3 Å². The Morgan fingerprint density at radius 3 is 2.61 bits per heavy atom. The van der Waals surface area contributed by atoms with E-state index in [1.165, 1.54) is 0 Å². The van der Waals surface area contributed by atoms with Crippen LogP contribution in [0.4, 0.5) is 0 Å². The van der Waals surface area contributed by atoms with Crippen LogP contribution in [0.3, 0.4) is 0 Å². The number of H-pyrrole nitrogens is 1. The molecular formula is C14H18N2O2. The van der Waals surface area contributed by atoms with Crippen LogP contribution >= 0.6 is 0 Å². The van der Waals surface area contributed by atoms with Crippen LogP contribution in [0, 0.1) is 0 Å². The minimum atomic E-state index is -0.000678. The van der Waals surface area contributed by atoms with Gasteiger partial charge >= 0.3 is 0 Å². The fourth-order valence-electron chi connectivity index (χ4n) is 1.86. The second-order valence-corrected chi connectivity index (χ2v) is 4.27. The van der Waals surface area contributed by atoms with Gasteiger partial charge in [-0.05, 0) is 37.1 Å². The average molecular weight is 246 g/mol. The molecule has 0 bridgehead atoms. The zero-order valence-electron chi connectivity index (χ0n) is 10.8. The summed E-state index contributed by atoms with van der Waals surface area (Å²) < 4.78 is 6.86. The van der Waals surface area contributed by atoms with Crippen molar-refractivity contribution in [1.82, 2.24) is 9.78 Å². The summed E-state index contributed by atoms with van der Waals surface area (Å²) in [5, 5.41) is 2.83. The van der Waals surface area contributed by atoms with E-state index in [4.69, 9.17) is 4.74 Å². The van der Waals surface area contributed by atoms with Crippen molar-refractivity contribution in [3.8, 4) is 11.4 Å². The maximum absolute atomic E-state index is 11.7. The van der Waals surface area contributed by atoms with E-state index < -0.39 is 0 Å². The predicted octanol–water partition coefficient (Wildman–Crippen LogP) is 2.52. The quantitative estimate of drug-likeness (QED) is 0.881. The summed E-state index contributed by atoms with van der Waals surface area (Å²) >= 11 is 0. The lowest BCUT2D eigenvalue weighted by atomic mass is 10.2. The second kappa shape index (κ2) is 5.58. The van der Waals surface area contributed by atoms with Gasteiger partial charge < -0.3 is 4.74 Å². The molecular weight excluding hydrogens is 228 g/mol. The van der Waals surface area contributed by atoms with Crippen LogP contribution < -0.4 is 10.3 Å². The molecule has 0 radical (unpaired) electrons. The Morgan fingerprint density at radius 2 is 2.00 bits per heavy atom.